The Hall–Kier alpha value is -1.81. The smallest absolute Gasteiger partial charge is 0.141 e. The minimum atomic E-state index is 0.831. The van der Waals surface area contributed by atoms with Gasteiger partial charge in [-0.25, -0.2) is 4.98 Å². The molecule has 3 aromatic rings. The van der Waals surface area contributed by atoms with E-state index < -0.39 is 0 Å². The quantitative estimate of drug-likeness (QED) is 0.691. The number of fused-ring (bicyclic) bond motifs is 1. The molecule has 3 nitrogen and oxygen atoms in total. The first-order chi connectivity index (χ1) is 8.26. The molecule has 0 amide bonds. The van der Waals surface area contributed by atoms with E-state index in [1.54, 1.807) is 18.4 Å². The number of hydrogen-bond acceptors (Lipinski definition) is 3. The summed E-state index contributed by atoms with van der Waals surface area (Å²) in [7, 11) is 1.66. The van der Waals surface area contributed by atoms with Crippen LogP contribution < -0.4 is 4.74 Å². The third-order valence-corrected chi connectivity index (χ3v) is 3.72. The van der Waals surface area contributed by atoms with Crippen molar-refractivity contribution in [2.45, 2.75) is 6.92 Å². The van der Waals surface area contributed by atoms with Crippen LogP contribution in [0.5, 0.6) is 5.75 Å². The fourth-order valence-corrected chi connectivity index (χ4v) is 2.63. The number of rotatable bonds is 2. The van der Waals surface area contributed by atoms with Crippen LogP contribution in [0.25, 0.3) is 16.2 Å². The average Bonchev–Trinajstić information content (AvgIpc) is 2.93. The molecule has 3 aromatic heterocycles. The Balaban J connectivity index is 2.13. The molecule has 0 fully saturated rings. The van der Waals surface area contributed by atoms with Crippen LogP contribution in [0, 0.1) is 6.92 Å². The molecule has 3 heterocycles. The van der Waals surface area contributed by atoms with Crippen molar-refractivity contribution < 1.29 is 4.74 Å². The summed E-state index contributed by atoms with van der Waals surface area (Å²) in [4.78, 5) is 5.80. The van der Waals surface area contributed by atoms with Gasteiger partial charge in [-0.1, -0.05) is 0 Å². The molecule has 86 valence electrons. The third-order valence-electron chi connectivity index (χ3n) is 2.65. The van der Waals surface area contributed by atoms with Crippen molar-refractivity contribution >= 4 is 17.0 Å². The predicted octanol–water partition coefficient (Wildman–Crippen LogP) is 3.38. The fraction of sp³-hybridized carbons (Fsp3) is 0.154. The molecular weight excluding hydrogens is 232 g/mol. The number of thiophene rings is 1. The lowest BCUT2D eigenvalue weighted by Gasteiger charge is -1.98. The SMILES string of the molecule is COc1ccn2cc(-c3cc(C)cs3)nc2c1. The van der Waals surface area contributed by atoms with Gasteiger partial charge < -0.3 is 9.14 Å². The zero-order chi connectivity index (χ0) is 11.8. The van der Waals surface area contributed by atoms with Gasteiger partial charge in [0.05, 0.1) is 17.7 Å². The minimum absolute atomic E-state index is 0.831. The summed E-state index contributed by atoms with van der Waals surface area (Å²) in [5.74, 6) is 0.831. The largest absolute Gasteiger partial charge is 0.497 e. The summed E-state index contributed by atoms with van der Waals surface area (Å²) in [6.45, 7) is 2.10. The average molecular weight is 244 g/mol. The van der Waals surface area contributed by atoms with Gasteiger partial charge in [0.15, 0.2) is 0 Å². The first-order valence-electron chi connectivity index (χ1n) is 5.34. The van der Waals surface area contributed by atoms with Crippen molar-refractivity contribution in [1.82, 2.24) is 9.38 Å². The summed E-state index contributed by atoms with van der Waals surface area (Å²) >= 11 is 1.72. The van der Waals surface area contributed by atoms with Crippen LogP contribution in [0.2, 0.25) is 0 Å². The highest BCUT2D eigenvalue weighted by atomic mass is 32.1. The summed E-state index contributed by atoms with van der Waals surface area (Å²) < 4.78 is 7.20. The number of aromatic nitrogens is 2. The van der Waals surface area contributed by atoms with Gasteiger partial charge >= 0.3 is 0 Å². The summed E-state index contributed by atoms with van der Waals surface area (Å²) in [5, 5.41) is 2.14. The van der Waals surface area contributed by atoms with E-state index in [-0.39, 0.29) is 0 Å². The maximum atomic E-state index is 5.19. The first-order valence-corrected chi connectivity index (χ1v) is 6.22. The van der Waals surface area contributed by atoms with E-state index >= 15 is 0 Å². The van der Waals surface area contributed by atoms with Crippen LogP contribution in [0.1, 0.15) is 5.56 Å². The van der Waals surface area contributed by atoms with Gasteiger partial charge in [0.25, 0.3) is 0 Å². The Morgan fingerprint density at radius 3 is 2.94 bits per heavy atom. The molecule has 0 bridgehead atoms. The Morgan fingerprint density at radius 2 is 2.24 bits per heavy atom. The molecule has 0 aliphatic rings. The molecule has 0 aliphatic heterocycles. The van der Waals surface area contributed by atoms with E-state index in [1.807, 2.05) is 28.9 Å². The van der Waals surface area contributed by atoms with Gasteiger partial charge in [-0.05, 0) is 30.0 Å². The van der Waals surface area contributed by atoms with Crippen molar-refractivity contribution in [2.24, 2.45) is 0 Å². The second-order valence-corrected chi connectivity index (χ2v) is 4.86. The van der Waals surface area contributed by atoms with Crippen LogP contribution in [0.3, 0.4) is 0 Å². The standard InChI is InChI=1S/C13H12N2OS/c1-9-5-12(17-8-9)11-7-15-4-3-10(16-2)6-13(15)14-11/h3-8H,1-2H3. The van der Waals surface area contributed by atoms with Crippen molar-refractivity contribution in [3.63, 3.8) is 0 Å². The molecule has 0 unspecified atom stereocenters. The highest BCUT2D eigenvalue weighted by Gasteiger charge is 2.06. The van der Waals surface area contributed by atoms with Crippen LogP contribution in [-0.4, -0.2) is 16.5 Å². The molecule has 0 N–H and O–H groups in total. The van der Waals surface area contributed by atoms with Crippen molar-refractivity contribution in [1.29, 1.82) is 0 Å². The third kappa shape index (κ3) is 1.80. The molecule has 0 aromatic carbocycles. The zero-order valence-electron chi connectivity index (χ0n) is 9.68. The molecule has 0 atom stereocenters. The van der Waals surface area contributed by atoms with Gasteiger partial charge in [0, 0.05) is 18.5 Å². The number of imidazole rings is 1. The molecule has 3 rings (SSSR count). The summed E-state index contributed by atoms with van der Waals surface area (Å²) in [6, 6.07) is 6.02. The molecule has 0 saturated heterocycles. The summed E-state index contributed by atoms with van der Waals surface area (Å²) in [5.41, 5.74) is 3.20. The molecule has 0 saturated carbocycles. The fourth-order valence-electron chi connectivity index (χ4n) is 1.77. The number of pyridine rings is 1. The van der Waals surface area contributed by atoms with Crippen molar-refractivity contribution in [3.8, 4) is 16.3 Å². The van der Waals surface area contributed by atoms with E-state index in [1.165, 1.54) is 10.4 Å². The van der Waals surface area contributed by atoms with Crippen LogP contribution in [0.15, 0.2) is 36.0 Å². The van der Waals surface area contributed by atoms with Gasteiger partial charge in [0.2, 0.25) is 0 Å². The maximum absolute atomic E-state index is 5.19. The number of hydrogen-bond donors (Lipinski definition) is 0. The molecule has 0 aliphatic carbocycles. The van der Waals surface area contributed by atoms with E-state index in [2.05, 4.69) is 23.4 Å². The molecule has 0 spiro atoms. The predicted molar refractivity (Wildman–Crippen MR) is 69.8 cm³/mol. The Morgan fingerprint density at radius 1 is 1.35 bits per heavy atom. The lowest BCUT2D eigenvalue weighted by molar-refractivity contribution is 0.414. The van der Waals surface area contributed by atoms with Gasteiger partial charge in [0.1, 0.15) is 11.4 Å². The van der Waals surface area contributed by atoms with Gasteiger partial charge in [-0.3, -0.25) is 0 Å². The van der Waals surface area contributed by atoms with Crippen molar-refractivity contribution in [3.05, 3.63) is 41.5 Å². The van der Waals surface area contributed by atoms with Crippen molar-refractivity contribution in [2.75, 3.05) is 7.11 Å². The molecule has 4 heteroatoms. The number of ether oxygens (including phenoxy) is 1. The summed E-state index contributed by atoms with van der Waals surface area (Å²) in [6.07, 6.45) is 4.01. The topological polar surface area (TPSA) is 26.5 Å². The highest BCUT2D eigenvalue weighted by Crippen LogP contribution is 2.27. The lowest BCUT2D eigenvalue weighted by Crippen LogP contribution is -1.85. The Kier molecular flexibility index (Phi) is 2.37. The number of methoxy groups -OCH3 is 1. The van der Waals surface area contributed by atoms with Crippen LogP contribution >= 0.6 is 11.3 Å². The zero-order valence-corrected chi connectivity index (χ0v) is 10.5. The second kappa shape index (κ2) is 3.89. The Labute approximate surface area is 103 Å². The normalized spacial score (nSPS) is 10.9. The number of aryl methyl sites for hydroxylation is 1. The first kappa shape index (κ1) is 10.4. The highest BCUT2D eigenvalue weighted by molar-refractivity contribution is 7.13. The maximum Gasteiger partial charge on any atom is 0.141 e. The van der Waals surface area contributed by atoms with E-state index in [0.29, 0.717) is 0 Å². The Bertz CT molecular complexity index is 669. The van der Waals surface area contributed by atoms with Gasteiger partial charge in [-0.2, -0.15) is 0 Å². The monoisotopic (exact) mass is 244 g/mol. The van der Waals surface area contributed by atoms with E-state index in [0.717, 1.165) is 17.1 Å². The molecule has 0 radical (unpaired) electrons. The van der Waals surface area contributed by atoms with Gasteiger partial charge in [-0.15, -0.1) is 11.3 Å². The van der Waals surface area contributed by atoms with E-state index in [9.17, 15) is 0 Å². The van der Waals surface area contributed by atoms with E-state index in [4.69, 9.17) is 4.74 Å². The molecular formula is C13H12N2OS. The number of nitrogens with zero attached hydrogens (tertiary/aromatic N) is 2. The second-order valence-electron chi connectivity index (χ2n) is 3.95. The van der Waals surface area contributed by atoms with Crippen LogP contribution in [-0.2, 0) is 0 Å². The van der Waals surface area contributed by atoms with Crippen LogP contribution in [0.4, 0.5) is 0 Å². The lowest BCUT2D eigenvalue weighted by atomic mass is 10.3. The molecule has 17 heavy (non-hydrogen) atoms. The minimum Gasteiger partial charge on any atom is -0.497 e.